The topological polar surface area (TPSA) is 80.3 Å². The minimum Gasteiger partial charge on any atom is -0.294 e. The Labute approximate surface area is 142 Å². The van der Waals surface area contributed by atoms with Gasteiger partial charge in [0.2, 0.25) is 0 Å². The number of rotatable bonds is 5. The molecule has 0 saturated heterocycles. The molecule has 0 spiro atoms. The quantitative estimate of drug-likeness (QED) is 0.840. The summed E-state index contributed by atoms with van der Waals surface area (Å²) in [6, 6.07) is 13.6. The van der Waals surface area contributed by atoms with E-state index in [4.69, 9.17) is 0 Å². The highest BCUT2D eigenvalue weighted by molar-refractivity contribution is 7.90. The lowest BCUT2D eigenvalue weighted by molar-refractivity contribution is 0.0975. The van der Waals surface area contributed by atoms with Crippen molar-refractivity contribution >= 4 is 21.7 Å². The summed E-state index contributed by atoms with van der Waals surface area (Å²) in [6.45, 7) is 5.73. The van der Waals surface area contributed by atoms with Crippen LogP contribution in [0.5, 0.6) is 0 Å². The number of benzene rings is 2. The van der Waals surface area contributed by atoms with Crippen molar-refractivity contribution in [3.8, 4) is 0 Å². The third-order valence-electron chi connectivity index (χ3n) is 3.07. The fourth-order valence-corrected chi connectivity index (χ4v) is 2.83. The van der Waals surface area contributed by atoms with Gasteiger partial charge in [-0.15, -0.1) is 0 Å². The van der Waals surface area contributed by atoms with E-state index in [0.29, 0.717) is 12.0 Å². The predicted molar refractivity (Wildman–Crippen MR) is 93.5 cm³/mol. The summed E-state index contributed by atoms with van der Waals surface area (Å²) in [6.07, 6.45) is 0.344. The first-order valence-electron chi connectivity index (χ1n) is 7.69. The lowest BCUT2D eigenvalue weighted by atomic mass is 10.1. The molecule has 0 atom stereocenters. The van der Waals surface area contributed by atoms with Crippen LogP contribution in [0.1, 0.15) is 47.9 Å². The van der Waals surface area contributed by atoms with Crippen molar-refractivity contribution in [2.24, 2.45) is 0 Å². The number of sulfonamides is 1. The van der Waals surface area contributed by atoms with Crippen molar-refractivity contribution in [1.29, 1.82) is 0 Å². The van der Waals surface area contributed by atoms with Crippen molar-refractivity contribution in [2.45, 2.75) is 32.1 Å². The highest BCUT2D eigenvalue weighted by Gasteiger charge is 2.18. The maximum absolute atomic E-state index is 12.1. The molecule has 0 aliphatic carbocycles. The molecule has 0 heterocycles. The van der Waals surface area contributed by atoms with Crippen LogP contribution in [0.25, 0.3) is 0 Å². The highest BCUT2D eigenvalue weighted by Crippen LogP contribution is 2.12. The average Bonchev–Trinajstić information content (AvgIpc) is 2.63. The van der Waals surface area contributed by atoms with Gasteiger partial charge in [-0.1, -0.05) is 51.1 Å². The number of carbonyl (C=O) groups is 2. The maximum Gasteiger partial charge on any atom is 0.264 e. The van der Waals surface area contributed by atoms with Crippen LogP contribution in [-0.2, 0) is 10.0 Å². The molecule has 2 rings (SSSR count). The van der Waals surface area contributed by atoms with E-state index in [1.54, 1.807) is 25.1 Å². The third-order valence-corrected chi connectivity index (χ3v) is 4.42. The summed E-state index contributed by atoms with van der Waals surface area (Å²) in [7, 11) is -3.97. The summed E-state index contributed by atoms with van der Waals surface area (Å²) < 4.78 is 26.3. The Morgan fingerprint density at radius 2 is 1.42 bits per heavy atom. The largest absolute Gasteiger partial charge is 0.294 e. The standard InChI is InChI=1S/C16H15NO4S.C2H6/c1-2-15(18)12-8-10-14(11-9-12)22(20,21)17-16(19)13-6-4-3-5-7-13;1-2/h3-11H,2H2,1H3,(H,17,19);1-2H3. The zero-order valence-electron chi connectivity index (χ0n) is 13.9. The van der Waals surface area contributed by atoms with Gasteiger partial charge in [0.1, 0.15) is 0 Å². The molecular formula is C18H21NO4S. The molecule has 0 radical (unpaired) electrons. The second-order valence-corrected chi connectivity index (χ2v) is 6.28. The molecule has 0 saturated carbocycles. The van der Waals surface area contributed by atoms with Crippen LogP contribution in [0.3, 0.4) is 0 Å². The summed E-state index contributed by atoms with van der Waals surface area (Å²) in [5.41, 5.74) is 0.694. The maximum atomic E-state index is 12.1. The van der Waals surface area contributed by atoms with Crippen molar-refractivity contribution in [1.82, 2.24) is 4.72 Å². The Morgan fingerprint density at radius 1 is 0.875 bits per heavy atom. The molecule has 0 fully saturated rings. The summed E-state index contributed by atoms with van der Waals surface area (Å²) in [4.78, 5) is 23.4. The first kappa shape index (κ1) is 19.6. The van der Waals surface area contributed by atoms with Gasteiger partial charge in [0.05, 0.1) is 4.90 Å². The van der Waals surface area contributed by atoms with Gasteiger partial charge in [-0.2, -0.15) is 0 Å². The van der Waals surface area contributed by atoms with E-state index in [0.717, 1.165) is 0 Å². The Balaban J connectivity index is 0.00000139. The van der Waals surface area contributed by atoms with Gasteiger partial charge in [0, 0.05) is 17.5 Å². The normalized spacial score (nSPS) is 10.3. The minimum absolute atomic E-state index is 0.0653. The first-order chi connectivity index (χ1) is 11.4. The van der Waals surface area contributed by atoms with Gasteiger partial charge < -0.3 is 0 Å². The number of carbonyl (C=O) groups excluding carboxylic acids is 2. The third kappa shape index (κ3) is 5.03. The molecule has 0 bridgehead atoms. The molecule has 128 valence electrons. The predicted octanol–water partition coefficient (Wildman–Crippen LogP) is 3.42. The smallest absolute Gasteiger partial charge is 0.264 e. The van der Waals surface area contributed by atoms with Crippen molar-refractivity contribution < 1.29 is 18.0 Å². The molecule has 0 aliphatic heterocycles. The monoisotopic (exact) mass is 347 g/mol. The van der Waals surface area contributed by atoms with E-state index in [1.165, 1.54) is 36.4 Å². The lowest BCUT2D eigenvalue weighted by Crippen LogP contribution is -2.30. The molecular weight excluding hydrogens is 326 g/mol. The lowest BCUT2D eigenvalue weighted by Gasteiger charge is -2.07. The molecule has 2 aromatic rings. The van der Waals surface area contributed by atoms with Crippen molar-refractivity contribution in [2.75, 3.05) is 0 Å². The van der Waals surface area contributed by atoms with Gasteiger partial charge in [-0.25, -0.2) is 13.1 Å². The Bertz CT molecular complexity index is 782. The molecule has 0 aliphatic rings. The summed E-state index contributed by atoms with van der Waals surface area (Å²) >= 11 is 0. The Morgan fingerprint density at radius 3 is 1.92 bits per heavy atom. The summed E-state index contributed by atoms with van der Waals surface area (Å²) in [5, 5.41) is 0. The van der Waals surface area contributed by atoms with Crippen LogP contribution >= 0.6 is 0 Å². The Kier molecular flexibility index (Phi) is 7.32. The van der Waals surface area contributed by atoms with Crippen molar-refractivity contribution in [3.05, 3.63) is 65.7 Å². The first-order valence-corrected chi connectivity index (χ1v) is 9.18. The molecule has 6 heteroatoms. The summed E-state index contributed by atoms with van der Waals surface area (Å²) in [5.74, 6) is -0.772. The van der Waals surface area contributed by atoms with E-state index >= 15 is 0 Å². The van der Waals surface area contributed by atoms with E-state index in [-0.39, 0.29) is 16.2 Å². The van der Waals surface area contributed by atoms with Crippen LogP contribution in [0.4, 0.5) is 0 Å². The number of nitrogens with one attached hydrogen (secondary N) is 1. The fourth-order valence-electron chi connectivity index (χ4n) is 1.85. The number of hydrogen-bond acceptors (Lipinski definition) is 4. The van der Waals surface area contributed by atoms with E-state index in [9.17, 15) is 18.0 Å². The molecule has 2 aromatic carbocycles. The fraction of sp³-hybridized carbons (Fsp3) is 0.222. The van der Waals surface area contributed by atoms with Gasteiger partial charge in [0.25, 0.3) is 15.9 Å². The number of amides is 1. The van der Waals surface area contributed by atoms with Gasteiger partial charge in [0.15, 0.2) is 5.78 Å². The van der Waals surface area contributed by atoms with Crippen molar-refractivity contribution in [3.63, 3.8) is 0 Å². The van der Waals surface area contributed by atoms with E-state index in [2.05, 4.69) is 0 Å². The van der Waals surface area contributed by atoms with Gasteiger partial charge in [-0.3, -0.25) is 9.59 Å². The van der Waals surface area contributed by atoms with Crippen LogP contribution in [0.15, 0.2) is 59.5 Å². The van der Waals surface area contributed by atoms with Crippen LogP contribution in [0.2, 0.25) is 0 Å². The molecule has 0 unspecified atom stereocenters. The van der Waals surface area contributed by atoms with Crippen LogP contribution in [-0.4, -0.2) is 20.1 Å². The molecule has 24 heavy (non-hydrogen) atoms. The molecule has 1 amide bonds. The molecule has 0 aromatic heterocycles. The SMILES string of the molecule is CC.CCC(=O)c1ccc(S(=O)(=O)NC(=O)c2ccccc2)cc1. The zero-order valence-corrected chi connectivity index (χ0v) is 14.8. The molecule has 1 N–H and O–H groups in total. The van der Waals surface area contributed by atoms with Crippen LogP contribution in [0, 0.1) is 0 Å². The number of Topliss-reactive ketones (excluding diaryl/α,β-unsaturated/α-hetero) is 1. The number of hydrogen-bond donors (Lipinski definition) is 1. The minimum atomic E-state index is -3.97. The van der Waals surface area contributed by atoms with Gasteiger partial charge >= 0.3 is 0 Å². The molecule has 5 nitrogen and oxygen atoms in total. The zero-order chi connectivity index (χ0) is 18.2. The Hall–Kier alpha value is -2.47. The highest BCUT2D eigenvalue weighted by atomic mass is 32.2. The second-order valence-electron chi connectivity index (χ2n) is 4.60. The second kappa shape index (κ2) is 8.98. The number of ketones is 1. The average molecular weight is 347 g/mol. The van der Waals surface area contributed by atoms with E-state index in [1.807, 2.05) is 18.6 Å². The van der Waals surface area contributed by atoms with Crippen LogP contribution < -0.4 is 4.72 Å². The van der Waals surface area contributed by atoms with Gasteiger partial charge in [-0.05, 0) is 24.3 Å². The van der Waals surface area contributed by atoms with E-state index < -0.39 is 15.9 Å².